The Labute approximate surface area is 83.6 Å². The highest BCUT2D eigenvalue weighted by Gasteiger charge is 2.34. The first-order valence-electron chi connectivity index (χ1n) is 4.85. The molecule has 0 bridgehead atoms. The Kier molecular flexibility index (Phi) is 3.46. The van der Waals surface area contributed by atoms with Gasteiger partial charge in [-0.1, -0.05) is 0 Å². The Balaban J connectivity index is 2.68. The smallest absolute Gasteiger partial charge is 0.242 e. The van der Waals surface area contributed by atoms with Gasteiger partial charge in [0.05, 0.1) is 6.04 Å². The molecule has 1 rings (SSSR count). The van der Waals surface area contributed by atoms with Crippen LogP contribution in [0, 0.1) is 0 Å². The highest BCUT2D eigenvalue weighted by Crippen LogP contribution is 2.17. The zero-order valence-corrected chi connectivity index (χ0v) is 8.62. The van der Waals surface area contributed by atoms with Crippen molar-refractivity contribution in [2.75, 3.05) is 13.6 Å². The molecule has 1 heterocycles. The summed E-state index contributed by atoms with van der Waals surface area (Å²) >= 11 is 0. The van der Waals surface area contributed by atoms with Crippen molar-refractivity contribution in [3.63, 3.8) is 0 Å². The van der Waals surface area contributed by atoms with Gasteiger partial charge in [0.15, 0.2) is 0 Å². The van der Waals surface area contributed by atoms with Crippen LogP contribution in [0.4, 0.5) is 0 Å². The summed E-state index contributed by atoms with van der Waals surface area (Å²) in [5.41, 5.74) is 5.50. The molecule has 0 aromatic rings. The van der Waals surface area contributed by atoms with Crippen LogP contribution in [0.2, 0.25) is 0 Å². The van der Waals surface area contributed by atoms with Crippen molar-refractivity contribution >= 4 is 11.8 Å². The number of carbonyl (C=O) groups excluding carboxylic acids is 2. The Hall–Kier alpha value is -1.10. The zero-order chi connectivity index (χ0) is 10.7. The molecule has 5 heteroatoms. The number of rotatable bonds is 2. The van der Waals surface area contributed by atoms with Gasteiger partial charge in [-0.3, -0.25) is 9.59 Å². The summed E-state index contributed by atoms with van der Waals surface area (Å²) in [5.74, 6) is -0.243. The van der Waals surface area contributed by atoms with E-state index < -0.39 is 6.04 Å². The van der Waals surface area contributed by atoms with Gasteiger partial charge in [0.1, 0.15) is 6.04 Å². The highest BCUT2D eigenvalue weighted by molar-refractivity contribution is 5.89. The lowest BCUT2D eigenvalue weighted by molar-refractivity contribution is -0.138. The fraction of sp³-hybridized carbons (Fsp3) is 0.778. The maximum absolute atomic E-state index is 11.6. The Morgan fingerprint density at radius 1 is 1.57 bits per heavy atom. The van der Waals surface area contributed by atoms with Crippen LogP contribution in [-0.4, -0.2) is 42.4 Å². The first kappa shape index (κ1) is 11.0. The van der Waals surface area contributed by atoms with E-state index in [4.69, 9.17) is 5.73 Å². The molecule has 0 radical (unpaired) electrons. The molecule has 1 aliphatic heterocycles. The zero-order valence-electron chi connectivity index (χ0n) is 8.62. The molecule has 0 aliphatic carbocycles. The highest BCUT2D eigenvalue weighted by atomic mass is 16.2. The van der Waals surface area contributed by atoms with Gasteiger partial charge in [-0.05, 0) is 19.8 Å². The molecule has 0 spiro atoms. The van der Waals surface area contributed by atoms with E-state index in [0.29, 0.717) is 6.54 Å². The minimum Gasteiger partial charge on any atom is -0.357 e. The van der Waals surface area contributed by atoms with Gasteiger partial charge in [0.2, 0.25) is 11.8 Å². The number of hydrogen-bond acceptors (Lipinski definition) is 3. The summed E-state index contributed by atoms with van der Waals surface area (Å²) in [4.78, 5) is 24.6. The minimum absolute atomic E-state index is 0.100. The van der Waals surface area contributed by atoms with Gasteiger partial charge in [0.25, 0.3) is 0 Å². The number of carbonyl (C=O) groups is 2. The second kappa shape index (κ2) is 4.41. The predicted octanol–water partition coefficient (Wildman–Crippen LogP) is -0.929. The van der Waals surface area contributed by atoms with Crippen LogP contribution in [0.3, 0.4) is 0 Å². The van der Waals surface area contributed by atoms with Crippen LogP contribution in [0.25, 0.3) is 0 Å². The van der Waals surface area contributed by atoms with Gasteiger partial charge < -0.3 is 16.0 Å². The van der Waals surface area contributed by atoms with E-state index in [-0.39, 0.29) is 17.9 Å². The molecular formula is C9H17N3O2. The number of likely N-dealkylation sites (tertiary alicyclic amines) is 1. The molecule has 1 aliphatic rings. The third-order valence-electron chi connectivity index (χ3n) is 2.47. The van der Waals surface area contributed by atoms with Crippen LogP contribution in [0.1, 0.15) is 19.8 Å². The van der Waals surface area contributed by atoms with E-state index in [1.807, 2.05) is 0 Å². The van der Waals surface area contributed by atoms with Crippen molar-refractivity contribution in [2.45, 2.75) is 31.8 Å². The largest absolute Gasteiger partial charge is 0.357 e. The third-order valence-corrected chi connectivity index (χ3v) is 2.47. The molecule has 5 nitrogen and oxygen atoms in total. The lowest BCUT2D eigenvalue weighted by Gasteiger charge is -2.24. The molecule has 0 saturated carbocycles. The average molecular weight is 199 g/mol. The van der Waals surface area contributed by atoms with E-state index in [1.54, 1.807) is 18.9 Å². The molecule has 3 N–H and O–H groups in total. The van der Waals surface area contributed by atoms with Crippen molar-refractivity contribution in [1.29, 1.82) is 0 Å². The monoisotopic (exact) mass is 199 g/mol. The molecule has 14 heavy (non-hydrogen) atoms. The minimum atomic E-state index is -0.528. The Bertz CT molecular complexity index is 240. The van der Waals surface area contributed by atoms with Gasteiger partial charge in [0, 0.05) is 13.6 Å². The SMILES string of the molecule is CNC(=O)[C@@H]1CCCN1C(=O)[C@H](C)N. The standard InChI is InChI=1S/C9H17N3O2/c1-6(10)9(14)12-5-3-4-7(12)8(13)11-2/h6-7H,3-5,10H2,1-2H3,(H,11,13)/t6-,7-/m0/s1. The number of amides is 2. The lowest BCUT2D eigenvalue weighted by Crippen LogP contribution is -2.49. The molecule has 2 atom stereocenters. The van der Waals surface area contributed by atoms with Crippen molar-refractivity contribution in [3.05, 3.63) is 0 Å². The number of nitrogens with one attached hydrogen (secondary N) is 1. The van der Waals surface area contributed by atoms with Crippen LogP contribution in [0.5, 0.6) is 0 Å². The van der Waals surface area contributed by atoms with Crippen molar-refractivity contribution in [1.82, 2.24) is 10.2 Å². The summed E-state index contributed by atoms with van der Waals surface area (Å²) in [6, 6.07) is -0.848. The molecule has 0 aromatic heterocycles. The van der Waals surface area contributed by atoms with Crippen molar-refractivity contribution < 1.29 is 9.59 Å². The quantitative estimate of drug-likeness (QED) is 0.603. The van der Waals surface area contributed by atoms with E-state index in [1.165, 1.54) is 0 Å². The Morgan fingerprint density at radius 2 is 2.21 bits per heavy atom. The predicted molar refractivity (Wildman–Crippen MR) is 52.5 cm³/mol. The van der Waals surface area contributed by atoms with Crippen molar-refractivity contribution in [3.8, 4) is 0 Å². The van der Waals surface area contributed by atoms with Gasteiger partial charge in [-0.2, -0.15) is 0 Å². The fourth-order valence-electron chi connectivity index (χ4n) is 1.73. The summed E-state index contributed by atoms with van der Waals surface area (Å²) in [7, 11) is 1.58. The normalized spacial score (nSPS) is 23.4. The van der Waals surface area contributed by atoms with Crippen LogP contribution in [-0.2, 0) is 9.59 Å². The van der Waals surface area contributed by atoms with Gasteiger partial charge in [-0.15, -0.1) is 0 Å². The Morgan fingerprint density at radius 3 is 2.71 bits per heavy atom. The van der Waals surface area contributed by atoms with E-state index >= 15 is 0 Å². The second-order valence-corrected chi connectivity index (χ2v) is 3.59. The first-order valence-corrected chi connectivity index (χ1v) is 4.85. The number of likely N-dealkylation sites (N-methyl/N-ethyl adjacent to an activating group) is 1. The number of nitrogens with two attached hydrogens (primary N) is 1. The van der Waals surface area contributed by atoms with E-state index in [0.717, 1.165) is 12.8 Å². The molecular weight excluding hydrogens is 182 g/mol. The lowest BCUT2D eigenvalue weighted by atomic mass is 10.2. The third kappa shape index (κ3) is 2.04. The topological polar surface area (TPSA) is 75.4 Å². The molecule has 0 aromatic carbocycles. The maximum atomic E-state index is 11.6. The van der Waals surface area contributed by atoms with Crippen LogP contribution >= 0.6 is 0 Å². The maximum Gasteiger partial charge on any atom is 0.242 e. The van der Waals surface area contributed by atoms with E-state index in [2.05, 4.69) is 5.32 Å². The molecule has 0 unspecified atom stereocenters. The molecule has 2 amide bonds. The van der Waals surface area contributed by atoms with Crippen LogP contribution in [0.15, 0.2) is 0 Å². The van der Waals surface area contributed by atoms with Gasteiger partial charge >= 0.3 is 0 Å². The second-order valence-electron chi connectivity index (χ2n) is 3.59. The molecule has 1 fully saturated rings. The van der Waals surface area contributed by atoms with E-state index in [9.17, 15) is 9.59 Å². The first-order chi connectivity index (χ1) is 6.57. The molecule has 80 valence electrons. The van der Waals surface area contributed by atoms with Crippen molar-refractivity contribution in [2.24, 2.45) is 5.73 Å². The summed E-state index contributed by atoms with van der Waals surface area (Å²) < 4.78 is 0. The summed E-state index contributed by atoms with van der Waals surface area (Å²) in [5, 5.41) is 2.56. The van der Waals surface area contributed by atoms with Crippen LogP contribution < -0.4 is 11.1 Å². The summed E-state index contributed by atoms with van der Waals surface area (Å²) in [6.45, 7) is 2.28. The average Bonchev–Trinajstić information content (AvgIpc) is 2.63. The summed E-state index contributed by atoms with van der Waals surface area (Å²) in [6.07, 6.45) is 1.61. The number of hydrogen-bond donors (Lipinski definition) is 2. The molecule has 1 saturated heterocycles. The fourth-order valence-corrected chi connectivity index (χ4v) is 1.73. The number of nitrogens with zero attached hydrogens (tertiary/aromatic N) is 1. The van der Waals surface area contributed by atoms with Gasteiger partial charge in [-0.25, -0.2) is 0 Å².